The molecule has 9 heteroatoms. The maximum atomic E-state index is 11.8. The van der Waals surface area contributed by atoms with Crippen LogP contribution in [0.4, 0.5) is 24.5 Å². The van der Waals surface area contributed by atoms with Crippen LogP contribution >= 0.6 is 0 Å². The summed E-state index contributed by atoms with van der Waals surface area (Å²) in [5, 5.41) is 13.6. The monoisotopic (exact) mass is 294 g/mol. The zero-order valence-electron chi connectivity index (χ0n) is 10.6. The van der Waals surface area contributed by atoms with E-state index >= 15 is 0 Å². The number of hydrogen-bond donors (Lipinski definition) is 1. The molecule has 0 aromatic heterocycles. The number of para-hydroxylation sites is 1. The van der Waals surface area contributed by atoms with Crippen LogP contribution in [0.25, 0.3) is 0 Å². The van der Waals surface area contributed by atoms with Gasteiger partial charge in [-0.15, -0.1) is 0 Å². The first-order chi connectivity index (χ1) is 9.35. The minimum Gasteiger partial charge on any atom is -0.490 e. The molecular weight excluding hydrogens is 281 g/mol. The normalized spacial score (nSPS) is 11.2. The number of nitro groups is 1. The number of nitrogens with one attached hydrogen (secondary N) is 1. The fourth-order valence-electron chi connectivity index (χ4n) is 1.46. The van der Waals surface area contributed by atoms with Gasteiger partial charge in [0, 0.05) is 6.54 Å². The molecule has 1 rings (SSSR count). The Bertz CT molecular complexity index is 465. The lowest BCUT2D eigenvalue weighted by Gasteiger charge is -2.10. The van der Waals surface area contributed by atoms with E-state index in [1.807, 2.05) is 0 Å². The van der Waals surface area contributed by atoms with Crippen molar-refractivity contribution in [1.29, 1.82) is 0 Å². The van der Waals surface area contributed by atoms with E-state index in [1.54, 1.807) is 0 Å². The van der Waals surface area contributed by atoms with E-state index in [9.17, 15) is 23.3 Å². The van der Waals surface area contributed by atoms with Crippen molar-refractivity contribution in [2.75, 3.05) is 32.2 Å². The highest BCUT2D eigenvalue weighted by Crippen LogP contribution is 2.34. The van der Waals surface area contributed by atoms with E-state index in [0.29, 0.717) is 0 Å². The quantitative estimate of drug-likeness (QED) is 0.475. The third kappa shape index (κ3) is 4.92. The minimum atomic E-state index is -4.39. The second kappa shape index (κ2) is 6.94. The van der Waals surface area contributed by atoms with Gasteiger partial charge >= 0.3 is 11.9 Å². The first-order valence-corrected chi connectivity index (χ1v) is 5.55. The van der Waals surface area contributed by atoms with Gasteiger partial charge in [0.15, 0.2) is 5.75 Å². The fraction of sp³-hybridized carbons (Fsp3) is 0.455. The predicted molar refractivity (Wildman–Crippen MR) is 65.0 cm³/mol. The highest BCUT2D eigenvalue weighted by molar-refractivity contribution is 5.68. The molecule has 0 aliphatic rings. The summed E-state index contributed by atoms with van der Waals surface area (Å²) in [6, 6.07) is 4.39. The summed E-state index contributed by atoms with van der Waals surface area (Å²) in [5.41, 5.74) is -0.115. The van der Waals surface area contributed by atoms with E-state index in [2.05, 4.69) is 10.1 Å². The largest absolute Gasteiger partial charge is 0.490 e. The van der Waals surface area contributed by atoms with Crippen molar-refractivity contribution in [1.82, 2.24) is 0 Å². The number of benzene rings is 1. The summed E-state index contributed by atoms with van der Waals surface area (Å²) in [7, 11) is 1.29. The lowest BCUT2D eigenvalue weighted by atomic mass is 10.2. The fourth-order valence-corrected chi connectivity index (χ4v) is 1.46. The van der Waals surface area contributed by atoms with E-state index in [4.69, 9.17) is 4.74 Å². The molecule has 0 spiro atoms. The molecule has 0 heterocycles. The van der Waals surface area contributed by atoms with Gasteiger partial charge in [-0.05, 0) is 12.1 Å². The standard InChI is InChI=1S/C11H13F3N2O4/c1-19-9-4-2-3-8(10(9)16(17)18)15-5-6-20-7-11(12,13)14/h2-4,15H,5-7H2,1H3. The van der Waals surface area contributed by atoms with E-state index in [-0.39, 0.29) is 30.3 Å². The Labute approximate surface area is 112 Å². The summed E-state index contributed by atoms with van der Waals surface area (Å²) in [6.45, 7) is -1.58. The zero-order valence-corrected chi connectivity index (χ0v) is 10.6. The summed E-state index contributed by atoms with van der Waals surface area (Å²) in [5.74, 6) is 0.0659. The number of nitro benzene ring substituents is 1. The number of methoxy groups -OCH3 is 1. The highest BCUT2D eigenvalue weighted by Gasteiger charge is 2.27. The van der Waals surface area contributed by atoms with Crippen LogP contribution in [0.5, 0.6) is 5.75 Å². The number of alkyl halides is 3. The van der Waals surface area contributed by atoms with Crippen molar-refractivity contribution in [2.24, 2.45) is 0 Å². The third-order valence-corrected chi connectivity index (χ3v) is 2.23. The third-order valence-electron chi connectivity index (χ3n) is 2.23. The van der Waals surface area contributed by atoms with E-state index in [1.165, 1.54) is 25.3 Å². The van der Waals surface area contributed by atoms with Gasteiger partial charge in [0.25, 0.3) is 0 Å². The number of ether oxygens (including phenoxy) is 2. The van der Waals surface area contributed by atoms with Crippen LogP contribution in [0.3, 0.4) is 0 Å². The maximum absolute atomic E-state index is 11.8. The number of hydrogen-bond acceptors (Lipinski definition) is 5. The van der Waals surface area contributed by atoms with Crippen LogP contribution in [0.15, 0.2) is 18.2 Å². The van der Waals surface area contributed by atoms with Crippen molar-refractivity contribution < 1.29 is 27.6 Å². The molecule has 0 radical (unpaired) electrons. The smallest absolute Gasteiger partial charge is 0.411 e. The maximum Gasteiger partial charge on any atom is 0.411 e. The molecule has 1 N–H and O–H groups in total. The number of rotatable bonds is 7. The van der Waals surface area contributed by atoms with Gasteiger partial charge < -0.3 is 14.8 Å². The zero-order chi connectivity index (χ0) is 15.2. The molecule has 0 saturated carbocycles. The van der Waals surface area contributed by atoms with Crippen molar-refractivity contribution in [3.8, 4) is 5.75 Å². The first-order valence-electron chi connectivity index (χ1n) is 5.55. The molecule has 20 heavy (non-hydrogen) atoms. The summed E-state index contributed by atoms with van der Waals surface area (Å²) >= 11 is 0. The van der Waals surface area contributed by atoms with Crippen LogP contribution in [-0.2, 0) is 4.74 Å². The predicted octanol–water partition coefficient (Wildman–Crippen LogP) is 2.59. The molecule has 0 amide bonds. The van der Waals surface area contributed by atoms with Gasteiger partial charge in [-0.2, -0.15) is 13.2 Å². The van der Waals surface area contributed by atoms with E-state index < -0.39 is 17.7 Å². The summed E-state index contributed by atoms with van der Waals surface area (Å²) in [4.78, 5) is 10.3. The molecule has 0 bridgehead atoms. The highest BCUT2D eigenvalue weighted by atomic mass is 19.4. The molecular formula is C11H13F3N2O4. The average Bonchev–Trinajstić information content (AvgIpc) is 2.36. The number of halogens is 3. The van der Waals surface area contributed by atoms with Gasteiger partial charge in [-0.1, -0.05) is 6.07 Å². The molecule has 1 aromatic carbocycles. The topological polar surface area (TPSA) is 73.6 Å². The molecule has 0 saturated heterocycles. The van der Waals surface area contributed by atoms with Gasteiger partial charge in [-0.25, -0.2) is 0 Å². The van der Waals surface area contributed by atoms with Gasteiger partial charge in [-0.3, -0.25) is 10.1 Å². The molecule has 6 nitrogen and oxygen atoms in total. The molecule has 0 aliphatic carbocycles. The Morgan fingerprint density at radius 1 is 1.40 bits per heavy atom. The van der Waals surface area contributed by atoms with Crippen LogP contribution in [0.2, 0.25) is 0 Å². The molecule has 0 unspecified atom stereocenters. The number of nitrogens with zero attached hydrogens (tertiary/aromatic N) is 1. The Morgan fingerprint density at radius 3 is 2.65 bits per heavy atom. The van der Waals surface area contributed by atoms with Crippen LogP contribution in [0.1, 0.15) is 0 Å². The van der Waals surface area contributed by atoms with Crippen LogP contribution < -0.4 is 10.1 Å². The van der Waals surface area contributed by atoms with Crippen molar-refractivity contribution >= 4 is 11.4 Å². The van der Waals surface area contributed by atoms with Crippen LogP contribution in [-0.4, -0.2) is 38.0 Å². The van der Waals surface area contributed by atoms with E-state index in [0.717, 1.165) is 0 Å². The minimum absolute atomic E-state index is 0.00406. The van der Waals surface area contributed by atoms with Gasteiger partial charge in [0.05, 0.1) is 18.6 Å². The molecule has 112 valence electrons. The Kier molecular flexibility index (Phi) is 5.56. The SMILES string of the molecule is COc1cccc(NCCOCC(F)(F)F)c1[N+](=O)[O-]. The second-order valence-electron chi connectivity index (χ2n) is 3.71. The molecule has 0 aliphatic heterocycles. The summed E-state index contributed by atoms with van der Waals surface area (Å²) in [6.07, 6.45) is -4.39. The second-order valence-corrected chi connectivity index (χ2v) is 3.71. The molecule has 0 fully saturated rings. The number of anilines is 1. The molecule has 1 aromatic rings. The first kappa shape index (κ1) is 16.0. The summed E-state index contributed by atoms with van der Waals surface area (Å²) < 4.78 is 44.7. The van der Waals surface area contributed by atoms with Gasteiger partial charge in [0.2, 0.25) is 0 Å². The van der Waals surface area contributed by atoms with Crippen molar-refractivity contribution in [3.05, 3.63) is 28.3 Å². The lowest BCUT2D eigenvalue weighted by Crippen LogP contribution is -2.20. The lowest BCUT2D eigenvalue weighted by molar-refractivity contribution is -0.384. The Morgan fingerprint density at radius 2 is 2.10 bits per heavy atom. The average molecular weight is 294 g/mol. The Balaban J connectivity index is 2.58. The Hall–Kier alpha value is -2.03. The van der Waals surface area contributed by atoms with Crippen molar-refractivity contribution in [2.45, 2.75) is 6.18 Å². The van der Waals surface area contributed by atoms with Crippen molar-refractivity contribution in [3.63, 3.8) is 0 Å². The van der Waals surface area contributed by atoms with Crippen LogP contribution in [0, 0.1) is 10.1 Å². The van der Waals surface area contributed by atoms with Gasteiger partial charge in [0.1, 0.15) is 12.3 Å². The molecule has 0 atom stereocenters.